The molecule has 1 amide bonds. The molecule has 0 N–H and O–H groups in total. The summed E-state index contributed by atoms with van der Waals surface area (Å²) in [4.78, 5) is 35.0. The summed E-state index contributed by atoms with van der Waals surface area (Å²) in [6.07, 6.45) is 5.59. The normalized spacial score (nSPS) is 16.0. The number of fused-ring (bicyclic) bond motifs is 2. The Kier molecular flexibility index (Phi) is 4.58. The summed E-state index contributed by atoms with van der Waals surface area (Å²) in [6.45, 7) is 5.97. The fourth-order valence-electron chi connectivity index (χ4n) is 3.83. The second-order valence-electron chi connectivity index (χ2n) is 7.19. The first kappa shape index (κ1) is 18.2. The van der Waals surface area contributed by atoms with Gasteiger partial charge in [0, 0.05) is 31.5 Å². The maximum atomic E-state index is 12.6. The number of nitrogens with zero attached hydrogens (tertiary/aromatic N) is 4. The van der Waals surface area contributed by atoms with Crippen molar-refractivity contribution >= 4 is 17.0 Å². The first-order valence-electron chi connectivity index (χ1n) is 9.29. The fraction of sp³-hybridized carbons (Fsp3) is 0.333. The van der Waals surface area contributed by atoms with Gasteiger partial charge in [0.05, 0.1) is 5.52 Å². The third-order valence-corrected chi connectivity index (χ3v) is 5.35. The average Bonchev–Trinajstić information content (AvgIpc) is 2.98. The Morgan fingerprint density at radius 3 is 3.07 bits per heavy atom. The van der Waals surface area contributed by atoms with Crippen LogP contribution in [0.3, 0.4) is 0 Å². The highest BCUT2D eigenvalue weighted by Gasteiger charge is 2.28. The predicted molar refractivity (Wildman–Crippen MR) is 105 cm³/mol. The number of oxazole rings is 1. The molecule has 0 bridgehead atoms. The average molecular weight is 378 g/mol. The van der Waals surface area contributed by atoms with E-state index in [1.807, 2.05) is 36.2 Å². The molecule has 1 aliphatic carbocycles. The quantitative estimate of drug-likeness (QED) is 0.651. The van der Waals surface area contributed by atoms with Crippen LogP contribution in [0.15, 0.2) is 46.3 Å². The summed E-state index contributed by atoms with van der Waals surface area (Å²) >= 11 is 0. The number of carbonyl (C=O) groups is 1. The third kappa shape index (κ3) is 3.24. The molecule has 0 aliphatic heterocycles. The van der Waals surface area contributed by atoms with Gasteiger partial charge in [0.2, 0.25) is 5.91 Å². The minimum Gasteiger partial charge on any atom is -0.408 e. The number of aryl methyl sites for hydroxylation is 3. The lowest BCUT2D eigenvalue weighted by molar-refractivity contribution is -0.129. The molecule has 1 atom stereocenters. The number of carbonyl (C=O) groups excluding carboxylic acids is 1. The molecule has 0 saturated heterocycles. The molecule has 2 aromatic heterocycles. The van der Waals surface area contributed by atoms with Gasteiger partial charge in [-0.05, 0) is 55.5 Å². The largest absolute Gasteiger partial charge is 0.419 e. The van der Waals surface area contributed by atoms with E-state index in [9.17, 15) is 9.59 Å². The van der Waals surface area contributed by atoms with Gasteiger partial charge < -0.3 is 9.32 Å². The van der Waals surface area contributed by atoms with E-state index in [0.717, 1.165) is 47.4 Å². The Labute approximate surface area is 162 Å². The van der Waals surface area contributed by atoms with Gasteiger partial charge in [0.25, 0.3) is 0 Å². The van der Waals surface area contributed by atoms with E-state index in [1.165, 1.54) is 10.6 Å². The van der Waals surface area contributed by atoms with E-state index in [0.29, 0.717) is 12.1 Å². The molecule has 1 unspecified atom stereocenters. The molecule has 0 spiro atoms. The molecule has 1 aromatic carbocycles. The van der Waals surface area contributed by atoms with Gasteiger partial charge in [0.1, 0.15) is 5.82 Å². The number of benzene rings is 1. The number of rotatable bonds is 4. The number of hydrogen-bond donors (Lipinski definition) is 0. The topological polar surface area (TPSA) is 81.2 Å². The van der Waals surface area contributed by atoms with Crippen LogP contribution in [0, 0.1) is 6.92 Å². The first-order valence-corrected chi connectivity index (χ1v) is 9.29. The van der Waals surface area contributed by atoms with Crippen molar-refractivity contribution in [1.29, 1.82) is 0 Å². The molecule has 7 heteroatoms. The zero-order valence-corrected chi connectivity index (χ0v) is 16.0. The Morgan fingerprint density at radius 2 is 2.29 bits per heavy atom. The zero-order chi connectivity index (χ0) is 19.8. The van der Waals surface area contributed by atoms with Crippen LogP contribution in [-0.4, -0.2) is 31.4 Å². The number of amides is 1. The minimum absolute atomic E-state index is 0.0442. The molecule has 2 heterocycles. The Balaban J connectivity index is 1.62. The molecule has 144 valence electrons. The summed E-state index contributed by atoms with van der Waals surface area (Å²) < 4.78 is 6.74. The maximum absolute atomic E-state index is 12.6. The molecule has 0 saturated carbocycles. The molecular formula is C21H22N4O3. The fourth-order valence-corrected chi connectivity index (χ4v) is 3.83. The van der Waals surface area contributed by atoms with Gasteiger partial charge in [-0.3, -0.25) is 9.36 Å². The van der Waals surface area contributed by atoms with Crippen LogP contribution in [0.1, 0.15) is 29.1 Å². The summed E-state index contributed by atoms with van der Waals surface area (Å²) in [6, 6.07) is 5.63. The van der Waals surface area contributed by atoms with Crippen LogP contribution in [0.2, 0.25) is 0 Å². The SMILES string of the molecule is C=CC(=O)N(Cc1ccc2c(c1)oc(=O)n2C)C1CCc2nc(C)ncc2C1. The Hall–Kier alpha value is -3.22. The summed E-state index contributed by atoms with van der Waals surface area (Å²) in [7, 11) is 1.67. The monoisotopic (exact) mass is 378 g/mol. The predicted octanol–water partition coefficient (Wildman–Crippen LogP) is 2.30. The standard InChI is InChI=1S/C21H22N4O3/c1-4-20(26)25(16-6-7-17-15(10-16)11-22-13(2)23-17)12-14-5-8-18-19(9-14)28-21(27)24(18)3/h4-5,8-9,11,16H,1,6-7,10,12H2,2-3H3. The van der Waals surface area contributed by atoms with Crippen molar-refractivity contribution in [2.45, 2.75) is 38.8 Å². The van der Waals surface area contributed by atoms with Crippen LogP contribution < -0.4 is 5.76 Å². The molecule has 0 radical (unpaired) electrons. The molecule has 3 aromatic rings. The highest BCUT2D eigenvalue weighted by atomic mass is 16.4. The molecular weight excluding hydrogens is 356 g/mol. The van der Waals surface area contributed by atoms with Crippen LogP contribution in [-0.2, 0) is 31.2 Å². The van der Waals surface area contributed by atoms with E-state index in [-0.39, 0.29) is 11.9 Å². The second kappa shape index (κ2) is 7.07. The van der Waals surface area contributed by atoms with Crippen molar-refractivity contribution in [3.8, 4) is 0 Å². The molecule has 28 heavy (non-hydrogen) atoms. The Bertz CT molecular complexity index is 1130. The smallest absolute Gasteiger partial charge is 0.408 e. The van der Waals surface area contributed by atoms with E-state index < -0.39 is 5.76 Å². The summed E-state index contributed by atoms with van der Waals surface area (Å²) in [5, 5.41) is 0. The van der Waals surface area contributed by atoms with E-state index in [4.69, 9.17) is 4.42 Å². The van der Waals surface area contributed by atoms with Crippen LogP contribution >= 0.6 is 0 Å². The van der Waals surface area contributed by atoms with Gasteiger partial charge >= 0.3 is 5.76 Å². The van der Waals surface area contributed by atoms with Gasteiger partial charge in [-0.2, -0.15) is 0 Å². The van der Waals surface area contributed by atoms with Crippen LogP contribution in [0.5, 0.6) is 0 Å². The highest BCUT2D eigenvalue weighted by Crippen LogP contribution is 2.25. The van der Waals surface area contributed by atoms with Gasteiger partial charge in [-0.15, -0.1) is 0 Å². The molecule has 7 nitrogen and oxygen atoms in total. The summed E-state index contributed by atoms with van der Waals surface area (Å²) in [5.41, 5.74) is 4.32. The van der Waals surface area contributed by atoms with E-state index in [2.05, 4.69) is 16.5 Å². The molecule has 0 fully saturated rings. The lowest BCUT2D eigenvalue weighted by Gasteiger charge is -2.34. The van der Waals surface area contributed by atoms with E-state index in [1.54, 1.807) is 7.05 Å². The van der Waals surface area contributed by atoms with Crippen molar-refractivity contribution in [3.05, 3.63) is 70.2 Å². The second-order valence-corrected chi connectivity index (χ2v) is 7.19. The lowest BCUT2D eigenvalue weighted by Crippen LogP contribution is -2.42. The molecule has 1 aliphatic rings. The maximum Gasteiger partial charge on any atom is 0.419 e. The molecule has 4 rings (SSSR count). The third-order valence-electron chi connectivity index (χ3n) is 5.35. The van der Waals surface area contributed by atoms with Crippen molar-refractivity contribution in [1.82, 2.24) is 19.4 Å². The van der Waals surface area contributed by atoms with Crippen molar-refractivity contribution in [3.63, 3.8) is 0 Å². The minimum atomic E-state index is -0.398. The van der Waals surface area contributed by atoms with Crippen LogP contribution in [0.4, 0.5) is 0 Å². The van der Waals surface area contributed by atoms with Crippen molar-refractivity contribution in [2.24, 2.45) is 7.05 Å². The van der Waals surface area contributed by atoms with Gasteiger partial charge in [0.15, 0.2) is 5.58 Å². The number of hydrogen-bond acceptors (Lipinski definition) is 5. The van der Waals surface area contributed by atoms with Gasteiger partial charge in [-0.1, -0.05) is 12.6 Å². The first-order chi connectivity index (χ1) is 13.5. The Morgan fingerprint density at radius 1 is 1.46 bits per heavy atom. The zero-order valence-electron chi connectivity index (χ0n) is 16.0. The van der Waals surface area contributed by atoms with Crippen molar-refractivity contribution < 1.29 is 9.21 Å². The van der Waals surface area contributed by atoms with Crippen molar-refractivity contribution in [2.75, 3.05) is 0 Å². The lowest BCUT2D eigenvalue weighted by atomic mass is 9.91. The highest BCUT2D eigenvalue weighted by molar-refractivity contribution is 5.87. The van der Waals surface area contributed by atoms with Crippen LogP contribution in [0.25, 0.3) is 11.1 Å². The summed E-state index contributed by atoms with van der Waals surface area (Å²) in [5.74, 6) is 0.260. The van der Waals surface area contributed by atoms with E-state index >= 15 is 0 Å². The van der Waals surface area contributed by atoms with Gasteiger partial charge in [-0.25, -0.2) is 14.8 Å². The number of aromatic nitrogens is 3.